The van der Waals surface area contributed by atoms with Gasteiger partial charge in [0.15, 0.2) is 5.82 Å². The van der Waals surface area contributed by atoms with Crippen LogP contribution in [0.2, 0.25) is 0 Å². The minimum absolute atomic E-state index is 0.0236. The SMILES string of the molecule is O=[N+]([O-])c1cc(Br)c(F)c(Br)c1NCC(O)CCl. The van der Waals surface area contributed by atoms with Crippen LogP contribution in [0.3, 0.4) is 0 Å². The number of nitro groups is 1. The Morgan fingerprint density at radius 2 is 2.22 bits per heavy atom. The van der Waals surface area contributed by atoms with Crippen LogP contribution in [-0.2, 0) is 0 Å². The zero-order valence-electron chi connectivity index (χ0n) is 8.79. The number of nitrogens with zero attached hydrogens (tertiary/aromatic N) is 1. The van der Waals surface area contributed by atoms with Crippen LogP contribution in [0.1, 0.15) is 0 Å². The average Bonchev–Trinajstić information content (AvgIpc) is 2.33. The molecule has 1 aromatic rings. The molecule has 0 bridgehead atoms. The fraction of sp³-hybridized carbons (Fsp3) is 0.333. The van der Waals surface area contributed by atoms with E-state index in [9.17, 15) is 19.6 Å². The number of aliphatic hydroxyl groups is 1. The van der Waals surface area contributed by atoms with Crippen molar-refractivity contribution in [2.24, 2.45) is 0 Å². The molecule has 0 aromatic heterocycles. The molecule has 1 atom stereocenters. The first-order valence-corrected chi connectivity index (χ1v) is 6.80. The van der Waals surface area contributed by atoms with Gasteiger partial charge in [-0.25, -0.2) is 4.39 Å². The lowest BCUT2D eigenvalue weighted by Crippen LogP contribution is -2.21. The number of alkyl halides is 1. The number of hydrogen-bond acceptors (Lipinski definition) is 4. The maximum atomic E-state index is 13.6. The molecule has 1 rings (SSSR count). The topological polar surface area (TPSA) is 75.4 Å². The molecule has 0 amide bonds. The van der Waals surface area contributed by atoms with Gasteiger partial charge in [-0.05, 0) is 31.9 Å². The Hall–Kier alpha value is -0.440. The van der Waals surface area contributed by atoms with Crippen molar-refractivity contribution in [3.05, 3.63) is 30.9 Å². The summed E-state index contributed by atoms with van der Waals surface area (Å²) in [5.74, 6) is -0.694. The number of nitrogens with one attached hydrogen (secondary N) is 1. The Balaban J connectivity index is 3.15. The van der Waals surface area contributed by atoms with Crippen LogP contribution < -0.4 is 5.32 Å². The molecule has 0 aliphatic carbocycles. The summed E-state index contributed by atoms with van der Waals surface area (Å²) in [6.45, 7) is -0.0238. The quantitative estimate of drug-likeness (QED) is 0.341. The van der Waals surface area contributed by atoms with Gasteiger partial charge in [-0.15, -0.1) is 11.6 Å². The van der Waals surface area contributed by atoms with Gasteiger partial charge >= 0.3 is 0 Å². The van der Waals surface area contributed by atoms with Crippen LogP contribution in [0.5, 0.6) is 0 Å². The fourth-order valence-corrected chi connectivity index (χ4v) is 2.52. The smallest absolute Gasteiger partial charge is 0.294 e. The number of nitro benzene ring substituents is 1. The summed E-state index contributed by atoms with van der Waals surface area (Å²) in [5.41, 5.74) is -0.346. The molecule has 0 radical (unpaired) electrons. The highest BCUT2D eigenvalue weighted by molar-refractivity contribution is 9.11. The van der Waals surface area contributed by atoms with Crippen LogP contribution in [0.15, 0.2) is 15.0 Å². The molecule has 0 fully saturated rings. The van der Waals surface area contributed by atoms with Crippen molar-refractivity contribution in [1.29, 1.82) is 0 Å². The Morgan fingerprint density at radius 3 is 2.72 bits per heavy atom. The van der Waals surface area contributed by atoms with Gasteiger partial charge in [0, 0.05) is 12.6 Å². The summed E-state index contributed by atoms with van der Waals surface area (Å²) < 4.78 is 13.5. The lowest BCUT2D eigenvalue weighted by atomic mass is 10.2. The van der Waals surface area contributed by atoms with E-state index < -0.39 is 16.8 Å². The van der Waals surface area contributed by atoms with Gasteiger partial charge in [0.05, 0.1) is 25.9 Å². The second kappa shape index (κ2) is 6.65. The van der Waals surface area contributed by atoms with E-state index in [0.717, 1.165) is 6.07 Å². The van der Waals surface area contributed by atoms with E-state index in [2.05, 4.69) is 37.2 Å². The van der Waals surface area contributed by atoms with E-state index in [0.29, 0.717) is 0 Å². The Kier molecular flexibility index (Phi) is 5.77. The molecule has 9 heteroatoms. The highest BCUT2D eigenvalue weighted by atomic mass is 79.9. The van der Waals surface area contributed by atoms with Crippen LogP contribution in [0, 0.1) is 15.9 Å². The molecule has 0 saturated carbocycles. The molecule has 5 nitrogen and oxygen atoms in total. The first kappa shape index (κ1) is 15.6. The predicted octanol–water partition coefficient (Wildman–Crippen LogP) is 3.27. The van der Waals surface area contributed by atoms with Gasteiger partial charge in [0.1, 0.15) is 5.69 Å². The molecule has 1 unspecified atom stereocenters. The van der Waals surface area contributed by atoms with Crippen LogP contribution >= 0.6 is 43.5 Å². The maximum absolute atomic E-state index is 13.6. The van der Waals surface area contributed by atoms with E-state index in [-0.39, 0.29) is 32.7 Å². The lowest BCUT2D eigenvalue weighted by Gasteiger charge is -2.12. The maximum Gasteiger partial charge on any atom is 0.294 e. The highest BCUT2D eigenvalue weighted by Gasteiger charge is 2.23. The molecule has 0 aliphatic rings. The number of aliphatic hydroxyl groups excluding tert-OH is 1. The first-order chi connectivity index (χ1) is 8.38. The molecule has 0 heterocycles. The second-order valence-electron chi connectivity index (χ2n) is 3.33. The van der Waals surface area contributed by atoms with Gasteiger partial charge in [-0.1, -0.05) is 0 Å². The Labute approximate surface area is 124 Å². The molecule has 0 aliphatic heterocycles. The zero-order chi connectivity index (χ0) is 13.9. The monoisotopic (exact) mass is 404 g/mol. The van der Waals surface area contributed by atoms with E-state index in [1.165, 1.54) is 0 Å². The van der Waals surface area contributed by atoms with E-state index in [1.54, 1.807) is 0 Å². The lowest BCUT2D eigenvalue weighted by molar-refractivity contribution is -0.384. The minimum atomic E-state index is -0.884. The zero-order valence-corrected chi connectivity index (χ0v) is 12.7. The van der Waals surface area contributed by atoms with E-state index in [1.807, 2.05) is 0 Å². The molecule has 0 spiro atoms. The van der Waals surface area contributed by atoms with Crippen molar-refractivity contribution in [3.63, 3.8) is 0 Å². The third-order valence-corrected chi connectivity index (χ3v) is 3.71. The summed E-state index contributed by atoms with van der Waals surface area (Å²) in [4.78, 5) is 10.2. The Morgan fingerprint density at radius 1 is 1.61 bits per heavy atom. The van der Waals surface area contributed by atoms with Crippen molar-refractivity contribution in [3.8, 4) is 0 Å². The number of rotatable bonds is 5. The standard InChI is InChI=1S/C9H8Br2ClFN2O3/c10-5-1-6(15(17)18)9(7(11)8(5)13)14-3-4(16)2-12/h1,4,14,16H,2-3H2. The Bertz CT molecular complexity index is 476. The summed E-state index contributed by atoms with van der Waals surface area (Å²) in [7, 11) is 0. The van der Waals surface area contributed by atoms with Crippen molar-refractivity contribution in [2.45, 2.75) is 6.10 Å². The number of hydrogen-bond donors (Lipinski definition) is 2. The molecule has 100 valence electrons. The van der Waals surface area contributed by atoms with Crippen LogP contribution in [-0.4, -0.2) is 28.6 Å². The number of benzene rings is 1. The third-order valence-electron chi connectivity index (χ3n) is 2.03. The molecule has 0 saturated heterocycles. The van der Waals surface area contributed by atoms with Crippen molar-refractivity contribution in [2.75, 3.05) is 17.7 Å². The number of anilines is 1. The first-order valence-electron chi connectivity index (χ1n) is 4.68. The average molecular weight is 406 g/mol. The summed E-state index contributed by atoms with van der Waals surface area (Å²) in [6.07, 6.45) is -0.884. The van der Waals surface area contributed by atoms with Gasteiger partial charge in [0.25, 0.3) is 5.69 Å². The molecule has 2 N–H and O–H groups in total. The van der Waals surface area contributed by atoms with Crippen LogP contribution in [0.4, 0.5) is 15.8 Å². The van der Waals surface area contributed by atoms with E-state index in [4.69, 9.17) is 11.6 Å². The van der Waals surface area contributed by atoms with Gasteiger partial charge in [0.2, 0.25) is 0 Å². The van der Waals surface area contributed by atoms with Gasteiger partial charge in [-0.2, -0.15) is 0 Å². The normalized spacial score (nSPS) is 12.3. The third kappa shape index (κ3) is 3.53. The van der Waals surface area contributed by atoms with Gasteiger partial charge in [-0.3, -0.25) is 10.1 Å². The van der Waals surface area contributed by atoms with Gasteiger partial charge < -0.3 is 10.4 Å². The van der Waals surface area contributed by atoms with Crippen LogP contribution in [0.25, 0.3) is 0 Å². The summed E-state index contributed by atoms with van der Waals surface area (Å²) >= 11 is 11.2. The summed E-state index contributed by atoms with van der Waals surface area (Å²) in [5, 5.41) is 22.7. The fourth-order valence-electron chi connectivity index (χ4n) is 1.17. The molecule has 18 heavy (non-hydrogen) atoms. The van der Waals surface area contributed by atoms with Crippen molar-refractivity contribution < 1.29 is 14.4 Å². The van der Waals surface area contributed by atoms with Crippen molar-refractivity contribution in [1.82, 2.24) is 0 Å². The number of halogens is 4. The van der Waals surface area contributed by atoms with E-state index >= 15 is 0 Å². The van der Waals surface area contributed by atoms with Crippen molar-refractivity contribution >= 4 is 54.8 Å². The minimum Gasteiger partial charge on any atom is -0.390 e. The molecular formula is C9H8Br2ClFN2O3. The molecular weight excluding hydrogens is 398 g/mol. The second-order valence-corrected chi connectivity index (χ2v) is 5.28. The predicted molar refractivity (Wildman–Crippen MR) is 73.7 cm³/mol. The highest BCUT2D eigenvalue weighted by Crippen LogP contribution is 2.38. The molecule has 1 aromatic carbocycles. The largest absolute Gasteiger partial charge is 0.390 e. The summed E-state index contributed by atoms with van der Waals surface area (Å²) in [6, 6.07) is 1.05.